The molecule has 5 aromatic rings. The molecule has 3 atom stereocenters. The van der Waals surface area contributed by atoms with Gasteiger partial charge in [-0.1, -0.05) is 23.4 Å². The number of imidazole rings is 1. The first kappa shape index (κ1) is 38.4. The van der Waals surface area contributed by atoms with E-state index in [4.69, 9.17) is 21.3 Å². The van der Waals surface area contributed by atoms with Gasteiger partial charge in [-0.2, -0.15) is 0 Å². The van der Waals surface area contributed by atoms with Gasteiger partial charge >= 0.3 is 0 Å². The molecule has 7 rings (SSSR count). The average molecular weight is 797 g/mol. The van der Waals surface area contributed by atoms with Crippen LogP contribution in [0.25, 0.3) is 22.3 Å². The molecular weight excluding hydrogens is 754 g/mol. The number of hydrogen-bond donors (Lipinski definition) is 2. The Morgan fingerprint density at radius 1 is 1.02 bits per heavy atom. The molecule has 0 aliphatic carbocycles. The Labute approximate surface area is 324 Å². The third-order valence-corrected chi connectivity index (χ3v) is 13.0. The summed E-state index contributed by atoms with van der Waals surface area (Å²) >= 11 is 7.86. The number of hydrogen-bond acceptors (Lipinski definition) is 11. The molecule has 2 N–H and O–H groups in total. The summed E-state index contributed by atoms with van der Waals surface area (Å²) in [6.45, 7) is 15.9. The third-order valence-electron chi connectivity index (χ3n) is 9.98. The van der Waals surface area contributed by atoms with Crippen LogP contribution in [0.2, 0.25) is 5.02 Å². The summed E-state index contributed by atoms with van der Waals surface area (Å²) in [5, 5.41) is 4.06. The minimum absolute atomic E-state index is 0.00991. The number of anilines is 3. The van der Waals surface area contributed by atoms with E-state index in [9.17, 15) is 4.21 Å². The minimum Gasteiger partial charge on any atom is -0.376 e. The quantitative estimate of drug-likeness (QED) is 0.151. The number of fused-ring (bicyclic) bond motifs is 1. The Morgan fingerprint density at radius 2 is 1.78 bits per heavy atom. The van der Waals surface area contributed by atoms with Crippen molar-refractivity contribution in [1.29, 1.82) is 0 Å². The zero-order valence-corrected chi connectivity index (χ0v) is 33.5. The van der Waals surface area contributed by atoms with Crippen molar-refractivity contribution in [3.8, 4) is 11.3 Å². The minimum atomic E-state index is -1.19. The molecule has 0 unspecified atom stereocenters. The van der Waals surface area contributed by atoms with Crippen molar-refractivity contribution >= 4 is 63.0 Å². The smallest absolute Gasteiger partial charge is 0.229 e. The molecule has 2 aliphatic rings. The van der Waals surface area contributed by atoms with Gasteiger partial charge in [-0.15, -0.1) is 0 Å². The highest BCUT2D eigenvalue weighted by molar-refractivity contribution is 7.99. The molecule has 1 aromatic carbocycles. The Balaban J connectivity index is 1.03. The summed E-state index contributed by atoms with van der Waals surface area (Å²) in [6.07, 6.45) is 7.74. The van der Waals surface area contributed by atoms with Crippen molar-refractivity contribution in [2.24, 2.45) is 5.41 Å². The van der Waals surface area contributed by atoms with E-state index in [0.717, 1.165) is 37.9 Å². The van der Waals surface area contributed by atoms with Gasteiger partial charge in [-0.3, -0.25) is 0 Å². The largest absolute Gasteiger partial charge is 0.376 e. The van der Waals surface area contributed by atoms with Crippen LogP contribution < -0.4 is 14.9 Å². The fourth-order valence-electron chi connectivity index (χ4n) is 7.14. The lowest BCUT2D eigenvalue weighted by atomic mass is 9.73. The maximum atomic E-state index is 15.2. The van der Waals surface area contributed by atoms with Crippen LogP contribution in [0.1, 0.15) is 66.3 Å². The number of nitrogens with one attached hydrogen (secondary N) is 2. The summed E-state index contributed by atoms with van der Waals surface area (Å²) in [4.78, 5) is 29.5. The summed E-state index contributed by atoms with van der Waals surface area (Å²) in [7, 11) is -1.19. The van der Waals surface area contributed by atoms with Crippen LogP contribution >= 0.6 is 23.4 Å². The Hall–Kier alpha value is -3.83. The number of piperidine rings is 1. The van der Waals surface area contributed by atoms with Gasteiger partial charge in [0, 0.05) is 41.2 Å². The summed E-state index contributed by atoms with van der Waals surface area (Å²) < 4.78 is 54.3. The molecule has 2 saturated heterocycles. The standard InChI is InChI=1S/C37H43ClF2N10O2S2/c1-20(2)50-22(4)45-33-25(39)12-23(13-27(33)50)32-26(40)16-44-35(47-32)46-29-14-28(24(38)15-41-29)53-31-18-42-30(17-43-31)49-10-8-37(9-11-49)19-52-21(3)34(37)48-54(51)36(5,6)7/h12-18,20-21,34,48H,8-11,19H2,1-7H3,(H,41,44,46,47)/t21-,34+,54+/m0/s1. The molecule has 0 amide bonds. The first-order chi connectivity index (χ1) is 25.6. The number of halogens is 3. The molecule has 0 radical (unpaired) electrons. The van der Waals surface area contributed by atoms with Crippen LogP contribution in [0, 0.1) is 24.0 Å². The summed E-state index contributed by atoms with van der Waals surface area (Å²) in [5.74, 6) is 0.613. The van der Waals surface area contributed by atoms with Gasteiger partial charge in [-0.05, 0) is 79.5 Å². The van der Waals surface area contributed by atoms with E-state index in [2.05, 4.69) is 46.8 Å². The first-order valence-electron chi connectivity index (χ1n) is 17.8. The van der Waals surface area contributed by atoms with Crippen LogP contribution in [0.5, 0.6) is 0 Å². The van der Waals surface area contributed by atoms with Crippen LogP contribution in [-0.4, -0.2) is 75.3 Å². The average Bonchev–Trinajstić information content (AvgIpc) is 3.62. The molecule has 6 heterocycles. The normalized spacial score (nSPS) is 19.3. The van der Waals surface area contributed by atoms with Crippen molar-refractivity contribution in [2.75, 3.05) is 29.9 Å². The van der Waals surface area contributed by atoms with Crippen molar-refractivity contribution in [3.05, 3.63) is 65.5 Å². The second kappa shape index (κ2) is 15.0. The Morgan fingerprint density at radius 3 is 2.46 bits per heavy atom. The second-order valence-corrected chi connectivity index (χ2v) is 18.6. The van der Waals surface area contributed by atoms with Gasteiger partial charge in [-0.25, -0.2) is 47.6 Å². The SMILES string of the molecule is Cc1nc2c(F)cc(-c3nc(Nc4cc(Sc5cnc(N6CCC7(CC6)CO[C@@H](C)[C@H]7N[S@](=O)C(C)(C)C)cn5)c(Cl)cn4)ncc3F)cc2n1C(C)C. The van der Waals surface area contributed by atoms with Crippen molar-refractivity contribution in [2.45, 2.75) is 94.2 Å². The lowest BCUT2D eigenvalue weighted by Crippen LogP contribution is -2.55. The number of benzene rings is 1. The van der Waals surface area contributed by atoms with E-state index >= 15 is 8.78 Å². The number of aromatic nitrogens is 7. The monoisotopic (exact) mass is 796 g/mol. The Kier molecular flexibility index (Phi) is 10.7. The van der Waals surface area contributed by atoms with Crippen LogP contribution in [-0.2, 0) is 15.7 Å². The zero-order valence-electron chi connectivity index (χ0n) is 31.2. The van der Waals surface area contributed by atoms with Crippen molar-refractivity contribution in [1.82, 2.24) is 39.2 Å². The number of nitrogens with zero attached hydrogens (tertiary/aromatic N) is 8. The van der Waals surface area contributed by atoms with Crippen LogP contribution in [0.15, 0.2) is 52.9 Å². The lowest BCUT2D eigenvalue weighted by molar-refractivity contribution is 0.0973. The van der Waals surface area contributed by atoms with Crippen molar-refractivity contribution < 1.29 is 17.7 Å². The lowest BCUT2D eigenvalue weighted by Gasteiger charge is -2.43. The molecule has 54 heavy (non-hydrogen) atoms. The molecule has 2 fully saturated rings. The van der Waals surface area contributed by atoms with E-state index < -0.39 is 22.6 Å². The molecule has 286 valence electrons. The first-order valence-corrected chi connectivity index (χ1v) is 20.1. The number of pyridine rings is 1. The highest BCUT2D eigenvalue weighted by atomic mass is 35.5. The molecule has 12 nitrogen and oxygen atoms in total. The van der Waals surface area contributed by atoms with Crippen molar-refractivity contribution in [3.63, 3.8) is 0 Å². The predicted octanol–water partition coefficient (Wildman–Crippen LogP) is 7.82. The number of aryl methyl sites for hydroxylation is 1. The predicted molar refractivity (Wildman–Crippen MR) is 209 cm³/mol. The van der Waals surface area contributed by atoms with Gasteiger partial charge in [0.05, 0.1) is 63.6 Å². The van der Waals surface area contributed by atoms with E-state index in [1.54, 1.807) is 24.5 Å². The zero-order chi connectivity index (χ0) is 38.5. The van der Waals surface area contributed by atoms with E-state index in [-0.39, 0.29) is 51.1 Å². The highest BCUT2D eigenvalue weighted by Crippen LogP contribution is 2.43. The second-order valence-electron chi connectivity index (χ2n) is 15.1. The highest BCUT2D eigenvalue weighted by Gasteiger charge is 2.50. The van der Waals surface area contributed by atoms with Gasteiger partial charge in [0.2, 0.25) is 5.95 Å². The van der Waals surface area contributed by atoms with Gasteiger partial charge in [0.1, 0.15) is 33.7 Å². The van der Waals surface area contributed by atoms with Crippen LogP contribution in [0.3, 0.4) is 0 Å². The third kappa shape index (κ3) is 7.68. The summed E-state index contributed by atoms with van der Waals surface area (Å²) in [6, 6.07) is 4.67. The molecule has 1 spiro atoms. The van der Waals surface area contributed by atoms with Gasteiger partial charge < -0.3 is 19.5 Å². The number of rotatable bonds is 9. The maximum Gasteiger partial charge on any atom is 0.229 e. The fourth-order valence-corrected chi connectivity index (χ4v) is 9.14. The van der Waals surface area contributed by atoms with Crippen LogP contribution in [0.4, 0.5) is 26.4 Å². The topological polar surface area (TPSA) is 136 Å². The molecule has 2 aliphatic heterocycles. The molecular formula is C37H43ClF2N10O2S2. The van der Waals surface area contributed by atoms with Gasteiger partial charge in [0.25, 0.3) is 0 Å². The van der Waals surface area contributed by atoms with E-state index in [1.807, 2.05) is 46.1 Å². The van der Waals surface area contributed by atoms with E-state index in [0.29, 0.717) is 38.7 Å². The Bertz CT molecular complexity index is 2210. The van der Waals surface area contributed by atoms with E-state index in [1.165, 1.54) is 24.0 Å². The molecule has 0 bridgehead atoms. The maximum absolute atomic E-state index is 15.2. The molecule has 0 saturated carbocycles. The fraction of sp³-hybridized carbons (Fsp3) is 0.459. The summed E-state index contributed by atoms with van der Waals surface area (Å²) in [5.41, 5.74) is 0.879. The van der Waals surface area contributed by atoms with Gasteiger partial charge in [0.15, 0.2) is 11.6 Å². The molecule has 17 heteroatoms. The number of ether oxygens (including phenoxy) is 1. The molecule has 4 aromatic heterocycles.